The van der Waals surface area contributed by atoms with E-state index >= 15 is 0 Å². The van der Waals surface area contributed by atoms with Crippen LogP contribution >= 0.6 is 0 Å². The maximum absolute atomic E-state index is 5.82. The highest BCUT2D eigenvalue weighted by atomic mass is 16.5. The lowest BCUT2D eigenvalue weighted by Gasteiger charge is -2.23. The van der Waals surface area contributed by atoms with Gasteiger partial charge in [-0.1, -0.05) is 31.9 Å². The first kappa shape index (κ1) is 16.2. The summed E-state index contributed by atoms with van der Waals surface area (Å²) in [5.74, 6) is 0.972. The zero-order chi connectivity index (χ0) is 14.9. The van der Waals surface area contributed by atoms with Crippen molar-refractivity contribution in [2.45, 2.75) is 64.5 Å². The molecule has 0 aromatic heterocycles. The summed E-state index contributed by atoms with van der Waals surface area (Å²) in [5.41, 5.74) is 1.12. The number of hydrogen-bond donors (Lipinski definition) is 2. The molecule has 2 rings (SSSR count). The van der Waals surface area contributed by atoms with Crippen molar-refractivity contribution in [3.63, 3.8) is 0 Å². The third-order valence-electron chi connectivity index (χ3n) is 4.05. The first-order valence-corrected chi connectivity index (χ1v) is 8.51. The smallest absolute Gasteiger partial charge is 0.142 e. The van der Waals surface area contributed by atoms with E-state index in [1.807, 2.05) is 6.07 Å². The Morgan fingerprint density at radius 3 is 3.00 bits per heavy atom. The van der Waals surface area contributed by atoms with Crippen LogP contribution in [0.2, 0.25) is 0 Å². The van der Waals surface area contributed by atoms with E-state index in [1.165, 1.54) is 38.6 Å². The Balaban J connectivity index is 1.87. The van der Waals surface area contributed by atoms with Crippen molar-refractivity contribution < 1.29 is 4.74 Å². The SMILES string of the molecule is CCCOc1ccccc1NC(C)CC1CCCCCN1. The second kappa shape index (κ2) is 8.93. The third kappa shape index (κ3) is 5.58. The van der Waals surface area contributed by atoms with Gasteiger partial charge in [0.2, 0.25) is 0 Å². The molecule has 2 unspecified atom stereocenters. The van der Waals surface area contributed by atoms with Crippen molar-refractivity contribution in [1.82, 2.24) is 5.32 Å². The van der Waals surface area contributed by atoms with Gasteiger partial charge in [-0.2, -0.15) is 0 Å². The van der Waals surface area contributed by atoms with E-state index in [9.17, 15) is 0 Å². The third-order valence-corrected chi connectivity index (χ3v) is 4.05. The van der Waals surface area contributed by atoms with Crippen LogP contribution in [0.15, 0.2) is 24.3 Å². The molecule has 1 heterocycles. The number of hydrogen-bond acceptors (Lipinski definition) is 3. The molecule has 1 saturated heterocycles. The maximum atomic E-state index is 5.82. The van der Waals surface area contributed by atoms with E-state index in [2.05, 4.69) is 42.7 Å². The molecule has 1 fully saturated rings. The Kier molecular flexibility index (Phi) is 6.87. The lowest BCUT2D eigenvalue weighted by Crippen LogP contribution is -2.33. The van der Waals surface area contributed by atoms with Crippen LogP contribution in [0.3, 0.4) is 0 Å². The zero-order valence-corrected chi connectivity index (χ0v) is 13.5. The van der Waals surface area contributed by atoms with Crippen LogP contribution in [0.5, 0.6) is 5.75 Å². The molecule has 118 valence electrons. The van der Waals surface area contributed by atoms with Gasteiger partial charge in [0.1, 0.15) is 5.75 Å². The average molecular weight is 290 g/mol. The van der Waals surface area contributed by atoms with Gasteiger partial charge in [-0.15, -0.1) is 0 Å². The summed E-state index contributed by atoms with van der Waals surface area (Å²) in [4.78, 5) is 0. The Labute approximate surface area is 129 Å². The molecule has 0 saturated carbocycles. The Morgan fingerprint density at radius 2 is 2.14 bits per heavy atom. The molecule has 2 atom stereocenters. The molecular formula is C18H30N2O. The fourth-order valence-electron chi connectivity index (χ4n) is 2.98. The van der Waals surface area contributed by atoms with Crippen molar-refractivity contribution in [3.05, 3.63) is 24.3 Å². The minimum absolute atomic E-state index is 0.451. The molecule has 0 bridgehead atoms. The molecule has 3 nitrogen and oxygen atoms in total. The summed E-state index contributed by atoms with van der Waals surface area (Å²) in [5, 5.41) is 7.30. The van der Waals surface area contributed by atoms with Gasteiger partial charge >= 0.3 is 0 Å². The van der Waals surface area contributed by atoms with Gasteiger partial charge in [-0.3, -0.25) is 0 Å². The molecule has 21 heavy (non-hydrogen) atoms. The standard InChI is InChI=1S/C18H30N2O/c1-3-13-21-18-11-7-6-10-17(18)20-15(2)14-16-9-5-4-8-12-19-16/h6-7,10-11,15-16,19-20H,3-5,8-9,12-14H2,1-2H3. The van der Waals surface area contributed by atoms with Crippen molar-refractivity contribution in [2.24, 2.45) is 0 Å². The molecule has 0 aliphatic carbocycles. The van der Waals surface area contributed by atoms with E-state index in [-0.39, 0.29) is 0 Å². The molecule has 3 heteroatoms. The highest BCUT2D eigenvalue weighted by Gasteiger charge is 2.15. The van der Waals surface area contributed by atoms with Gasteiger partial charge in [0.05, 0.1) is 12.3 Å². The second-order valence-electron chi connectivity index (χ2n) is 6.13. The molecule has 0 radical (unpaired) electrons. The summed E-state index contributed by atoms with van der Waals surface area (Å²) in [6.07, 6.45) is 7.57. The average Bonchev–Trinajstić information content (AvgIpc) is 2.75. The Bertz CT molecular complexity index is 400. The van der Waals surface area contributed by atoms with Crippen LogP contribution in [0.25, 0.3) is 0 Å². The predicted molar refractivity (Wildman–Crippen MR) is 90.2 cm³/mol. The summed E-state index contributed by atoms with van der Waals surface area (Å²) < 4.78 is 5.82. The van der Waals surface area contributed by atoms with E-state index in [1.54, 1.807) is 0 Å². The van der Waals surface area contributed by atoms with E-state index in [4.69, 9.17) is 4.74 Å². The number of anilines is 1. The number of nitrogens with one attached hydrogen (secondary N) is 2. The highest BCUT2D eigenvalue weighted by Crippen LogP contribution is 2.25. The number of benzene rings is 1. The van der Waals surface area contributed by atoms with E-state index in [0.717, 1.165) is 24.5 Å². The first-order chi connectivity index (χ1) is 10.3. The van der Waals surface area contributed by atoms with Crippen molar-refractivity contribution >= 4 is 5.69 Å². The largest absolute Gasteiger partial charge is 0.491 e. The normalized spacial score (nSPS) is 20.6. The summed E-state index contributed by atoms with van der Waals surface area (Å²) in [6, 6.07) is 9.37. The fourth-order valence-corrected chi connectivity index (χ4v) is 2.98. The monoisotopic (exact) mass is 290 g/mol. The fraction of sp³-hybridized carbons (Fsp3) is 0.667. The quantitative estimate of drug-likeness (QED) is 0.789. The molecule has 1 aliphatic rings. The van der Waals surface area contributed by atoms with Crippen molar-refractivity contribution in [1.29, 1.82) is 0 Å². The van der Waals surface area contributed by atoms with Crippen LogP contribution < -0.4 is 15.4 Å². The van der Waals surface area contributed by atoms with Gasteiger partial charge < -0.3 is 15.4 Å². The first-order valence-electron chi connectivity index (χ1n) is 8.51. The zero-order valence-electron chi connectivity index (χ0n) is 13.5. The molecule has 0 amide bonds. The molecular weight excluding hydrogens is 260 g/mol. The Morgan fingerprint density at radius 1 is 1.29 bits per heavy atom. The maximum Gasteiger partial charge on any atom is 0.142 e. The number of rotatable bonds is 7. The van der Waals surface area contributed by atoms with Gasteiger partial charge in [0.15, 0.2) is 0 Å². The van der Waals surface area contributed by atoms with Gasteiger partial charge in [0, 0.05) is 12.1 Å². The molecule has 1 aromatic rings. The number of para-hydroxylation sites is 2. The second-order valence-corrected chi connectivity index (χ2v) is 6.13. The summed E-state index contributed by atoms with van der Waals surface area (Å²) >= 11 is 0. The van der Waals surface area contributed by atoms with Crippen LogP contribution in [0, 0.1) is 0 Å². The topological polar surface area (TPSA) is 33.3 Å². The lowest BCUT2D eigenvalue weighted by atomic mass is 10.0. The van der Waals surface area contributed by atoms with Gasteiger partial charge in [0.25, 0.3) is 0 Å². The molecule has 2 N–H and O–H groups in total. The molecule has 0 spiro atoms. The van der Waals surface area contributed by atoms with Gasteiger partial charge in [-0.25, -0.2) is 0 Å². The van der Waals surface area contributed by atoms with Crippen LogP contribution in [-0.4, -0.2) is 25.2 Å². The van der Waals surface area contributed by atoms with Crippen molar-refractivity contribution in [3.8, 4) is 5.75 Å². The highest BCUT2D eigenvalue weighted by molar-refractivity contribution is 5.56. The molecule has 1 aromatic carbocycles. The molecule has 1 aliphatic heterocycles. The van der Waals surface area contributed by atoms with Crippen LogP contribution in [0.1, 0.15) is 52.4 Å². The summed E-state index contributed by atoms with van der Waals surface area (Å²) in [7, 11) is 0. The summed E-state index contributed by atoms with van der Waals surface area (Å²) in [6.45, 7) is 6.35. The van der Waals surface area contributed by atoms with Gasteiger partial charge in [-0.05, 0) is 51.3 Å². The van der Waals surface area contributed by atoms with E-state index in [0.29, 0.717) is 12.1 Å². The predicted octanol–water partition coefficient (Wildman–Crippen LogP) is 4.20. The number of ether oxygens (including phenoxy) is 1. The van der Waals surface area contributed by atoms with Crippen molar-refractivity contribution in [2.75, 3.05) is 18.5 Å². The minimum atomic E-state index is 0.451. The minimum Gasteiger partial charge on any atom is -0.491 e. The van der Waals surface area contributed by atoms with Crippen LogP contribution in [0.4, 0.5) is 5.69 Å². The lowest BCUT2D eigenvalue weighted by molar-refractivity contribution is 0.318. The van der Waals surface area contributed by atoms with E-state index < -0.39 is 0 Å². The Hall–Kier alpha value is -1.22. The van der Waals surface area contributed by atoms with Crippen LogP contribution in [-0.2, 0) is 0 Å².